The first-order chi connectivity index (χ1) is 13.9. The first kappa shape index (κ1) is 19.6. The van der Waals surface area contributed by atoms with Gasteiger partial charge in [-0.1, -0.05) is 68.4 Å². The number of amides is 3. The van der Waals surface area contributed by atoms with Crippen molar-refractivity contribution in [3.05, 3.63) is 71.3 Å². The summed E-state index contributed by atoms with van der Waals surface area (Å²) < 4.78 is 0. The molecule has 1 atom stereocenters. The van der Waals surface area contributed by atoms with Crippen LogP contribution in [0.4, 0.5) is 4.79 Å². The number of rotatable bonds is 7. The van der Waals surface area contributed by atoms with Gasteiger partial charge in [0.2, 0.25) is 0 Å². The van der Waals surface area contributed by atoms with Gasteiger partial charge in [0.15, 0.2) is 0 Å². The Kier molecular flexibility index (Phi) is 5.17. The second-order valence-corrected chi connectivity index (χ2v) is 8.67. The molecular formula is C24H29N3O2. The molecule has 1 saturated heterocycles. The van der Waals surface area contributed by atoms with Crippen molar-refractivity contribution < 1.29 is 9.59 Å². The molecule has 2 aromatic rings. The van der Waals surface area contributed by atoms with Crippen molar-refractivity contribution in [2.45, 2.75) is 57.7 Å². The third kappa shape index (κ3) is 3.92. The van der Waals surface area contributed by atoms with Gasteiger partial charge in [-0.15, -0.1) is 0 Å². The standard InChI is InChI=1S/C24H29N3O2/c1-17(2)19-11-9-18(10-12-19)15-26(21-13-14-21)16-27-22(28)24(3,25-23(27)29)20-7-5-4-6-8-20/h4-12,17,21H,13-16H2,1-3H3,(H,25,29)/t24-/m0/s1. The summed E-state index contributed by atoms with van der Waals surface area (Å²) in [6.45, 7) is 7.22. The average Bonchev–Trinajstić information content (AvgIpc) is 3.53. The maximum absolute atomic E-state index is 13.2. The van der Waals surface area contributed by atoms with E-state index in [0.717, 1.165) is 24.9 Å². The number of carbonyl (C=O) groups is 2. The van der Waals surface area contributed by atoms with Crippen LogP contribution in [0.1, 0.15) is 56.2 Å². The zero-order valence-electron chi connectivity index (χ0n) is 17.4. The van der Waals surface area contributed by atoms with Gasteiger partial charge in [0.05, 0.1) is 6.67 Å². The largest absolute Gasteiger partial charge is 0.326 e. The van der Waals surface area contributed by atoms with Crippen molar-refractivity contribution in [1.82, 2.24) is 15.1 Å². The Morgan fingerprint density at radius 1 is 1.07 bits per heavy atom. The lowest BCUT2D eigenvalue weighted by atomic mass is 9.92. The molecule has 1 saturated carbocycles. The summed E-state index contributed by atoms with van der Waals surface area (Å²) in [4.78, 5) is 29.5. The van der Waals surface area contributed by atoms with Gasteiger partial charge < -0.3 is 5.32 Å². The summed E-state index contributed by atoms with van der Waals surface area (Å²) in [7, 11) is 0. The van der Waals surface area contributed by atoms with Gasteiger partial charge in [-0.05, 0) is 42.4 Å². The fraction of sp³-hybridized carbons (Fsp3) is 0.417. The molecule has 0 radical (unpaired) electrons. The highest BCUT2D eigenvalue weighted by Crippen LogP contribution is 2.32. The Morgan fingerprint density at radius 3 is 2.31 bits per heavy atom. The number of hydrogen-bond acceptors (Lipinski definition) is 3. The average molecular weight is 392 g/mol. The predicted octanol–water partition coefficient (Wildman–Crippen LogP) is 4.20. The molecule has 0 unspecified atom stereocenters. The minimum Gasteiger partial charge on any atom is -0.319 e. The van der Waals surface area contributed by atoms with E-state index in [2.05, 4.69) is 48.3 Å². The van der Waals surface area contributed by atoms with Crippen molar-refractivity contribution in [3.8, 4) is 0 Å². The van der Waals surface area contributed by atoms with Crippen molar-refractivity contribution in [1.29, 1.82) is 0 Å². The van der Waals surface area contributed by atoms with Gasteiger partial charge in [-0.3, -0.25) is 9.69 Å². The molecule has 152 valence electrons. The van der Waals surface area contributed by atoms with Crippen LogP contribution in [0.3, 0.4) is 0 Å². The molecule has 2 aliphatic rings. The molecule has 0 aromatic heterocycles. The summed E-state index contributed by atoms with van der Waals surface area (Å²) in [6, 6.07) is 18.2. The molecule has 2 fully saturated rings. The van der Waals surface area contributed by atoms with Crippen LogP contribution >= 0.6 is 0 Å². The third-order valence-electron chi connectivity index (χ3n) is 6.04. The van der Waals surface area contributed by atoms with Gasteiger partial charge in [0.1, 0.15) is 5.54 Å². The number of urea groups is 1. The second-order valence-electron chi connectivity index (χ2n) is 8.67. The molecule has 3 amide bonds. The highest BCUT2D eigenvalue weighted by Gasteiger charge is 2.49. The molecule has 1 heterocycles. The lowest BCUT2D eigenvalue weighted by Crippen LogP contribution is -2.44. The predicted molar refractivity (Wildman–Crippen MR) is 113 cm³/mol. The summed E-state index contributed by atoms with van der Waals surface area (Å²) in [5, 5.41) is 2.91. The van der Waals surface area contributed by atoms with Crippen molar-refractivity contribution >= 4 is 11.9 Å². The van der Waals surface area contributed by atoms with E-state index in [-0.39, 0.29) is 11.9 Å². The Morgan fingerprint density at radius 2 is 1.72 bits per heavy atom. The maximum atomic E-state index is 13.2. The number of benzene rings is 2. The molecule has 0 spiro atoms. The number of carbonyl (C=O) groups excluding carboxylic acids is 2. The monoisotopic (exact) mass is 391 g/mol. The van der Waals surface area contributed by atoms with E-state index in [1.54, 1.807) is 6.92 Å². The Balaban J connectivity index is 1.50. The maximum Gasteiger partial charge on any atom is 0.326 e. The zero-order valence-corrected chi connectivity index (χ0v) is 17.4. The van der Waals surface area contributed by atoms with Crippen LogP contribution in [0.15, 0.2) is 54.6 Å². The molecule has 29 heavy (non-hydrogen) atoms. The molecule has 1 aliphatic heterocycles. The summed E-state index contributed by atoms with van der Waals surface area (Å²) in [6.07, 6.45) is 2.23. The summed E-state index contributed by atoms with van der Waals surface area (Å²) in [5.41, 5.74) is 2.33. The number of nitrogens with one attached hydrogen (secondary N) is 1. The Bertz CT molecular complexity index is 890. The van der Waals surface area contributed by atoms with Crippen LogP contribution in [0.5, 0.6) is 0 Å². The SMILES string of the molecule is CC(C)c1ccc(CN(CN2C(=O)N[C@@](C)(c3ccccc3)C2=O)C2CC2)cc1. The van der Waals surface area contributed by atoms with Crippen LogP contribution in [-0.2, 0) is 16.9 Å². The van der Waals surface area contributed by atoms with Crippen LogP contribution in [0.2, 0.25) is 0 Å². The summed E-state index contributed by atoms with van der Waals surface area (Å²) >= 11 is 0. The first-order valence-corrected chi connectivity index (χ1v) is 10.4. The smallest absolute Gasteiger partial charge is 0.319 e. The molecule has 1 aliphatic carbocycles. The van der Waals surface area contributed by atoms with Gasteiger partial charge in [0, 0.05) is 12.6 Å². The lowest BCUT2D eigenvalue weighted by molar-refractivity contribution is -0.132. The molecule has 1 N–H and O–H groups in total. The van der Waals surface area contributed by atoms with E-state index >= 15 is 0 Å². The van der Waals surface area contributed by atoms with Crippen LogP contribution < -0.4 is 5.32 Å². The van der Waals surface area contributed by atoms with Crippen molar-refractivity contribution in [2.75, 3.05) is 6.67 Å². The minimum atomic E-state index is -1.01. The van der Waals surface area contributed by atoms with E-state index < -0.39 is 5.54 Å². The fourth-order valence-corrected chi connectivity index (χ4v) is 3.95. The molecule has 0 bridgehead atoms. The first-order valence-electron chi connectivity index (χ1n) is 10.4. The second kappa shape index (κ2) is 7.64. The highest BCUT2D eigenvalue weighted by atomic mass is 16.2. The molecule has 4 rings (SSSR count). The molecular weight excluding hydrogens is 362 g/mol. The van der Waals surface area contributed by atoms with Gasteiger partial charge in [-0.25, -0.2) is 9.69 Å². The quantitative estimate of drug-likeness (QED) is 0.720. The zero-order chi connectivity index (χ0) is 20.6. The van der Waals surface area contributed by atoms with E-state index in [1.807, 2.05) is 30.3 Å². The van der Waals surface area contributed by atoms with Crippen LogP contribution in [0.25, 0.3) is 0 Å². The topological polar surface area (TPSA) is 52.6 Å². The lowest BCUT2D eigenvalue weighted by Gasteiger charge is -2.27. The molecule has 5 nitrogen and oxygen atoms in total. The van der Waals surface area contributed by atoms with Gasteiger partial charge in [0.25, 0.3) is 5.91 Å². The molecule has 2 aromatic carbocycles. The van der Waals surface area contributed by atoms with Gasteiger partial charge in [-0.2, -0.15) is 0 Å². The van der Waals surface area contributed by atoms with Crippen LogP contribution in [-0.4, -0.2) is 34.4 Å². The van der Waals surface area contributed by atoms with Gasteiger partial charge >= 0.3 is 6.03 Å². The highest BCUT2D eigenvalue weighted by molar-refractivity contribution is 6.07. The molecule has 5 heteroatoms. The summed E-state index contributed by atoms with van der Waals surface area (Å²) in [5.74, 6) is 0.319. The third-order valence-corrected chi connectivity index (χ3v) is 6.04. The van der Waals surface area contributed by atoms with Crippen molar-refractivity contribution in [3.63, 3.8) is 0 Å². The van der Waals surface area contributed by atoms with E-state index in [1.165, 1.54) is 16.0 Å². The number of imide groups is 1. The Hall–Kier alpha value is -2.66. The Labute approximate surface area is 172 Å². The minimum absolute atomic E-state index is 0.186. The van der Waals surface area contributed by atoms with E-state index in [4.69, 9.17) is 0 Å². The van der Waals surface area contributed by atoms with E-state index in [0.29, 0.717) is 18.6 Å². The fourth-order valence-electron chi connectivity index (χ4n) is 3.95. The number of nitrogens with zero attached hydrogens (tertiary/aromatic N) is 2. The number of hydrogen-bond donors (Lipinski definition) is 1. The normalized spacial score (nSPS) is 21.9. The van der Waals surface area contributed by atoms with Crippen LogP contribution in [0, 0.1) is 0 Å². The van der Waals surface area contributed by atoms with E-state index in [9.17, 15) is 9.59 Å². The van der Waals surface area contributed by atoms with Crippen molar-refractivity contribution in [2.24, 2.45) is 0 Å².